The van der Waals surface area contributed by atoms with Crippen molar-refractivity contribution in [2.75, 3.05) is 13.1 Å². The van der Waals surface area contributed by atoms with Gasteiger partial charge in [-0.25, -0.2) is 4.98 Å². The minimum atomic E-state index is 0. The molecule has 0 amide bonds. The van der Waals surface area contributed by atoms with Crippen LogP contribution in [0.1, 0.15) is 40.6 Å². The van der Waals surface area contributed by atoms with Crippen molar-refractivity contribution >= 4 is 46.4 Å². The van der Waals surface area contributed by atoms with Crippen LogP contribution in [-0.4, -0.2) is 23.0 Å². The van der Waals surface area contributed by atoms with Crippen molar-refractivity contribution in [2.24, 2.45) is 0 Å². The van der Waals surface area contributed by atoms with Crippen LogP contribution >= 0.6 is 36.2 Å². The number of hydrogen-bond acceptors (Lipinski definition) is 3. The molecule has 2 aromatic heterocycles. The molecule has 2 aliphatic rings. The molecule has 0 unspecified atom stereocenters. The van der Waals surface area contributed by atoms with Crippen molar-refractivity contribution in [1.82, 2.24) is 9.88 Å². The lowest BCUT2D eigenvalue weighted by Crippen LogP contribution is -2.31. The van der Waals surface area contributed by atoms with Gasteiger partial charge in [0.25, 0.3) is 0 Å². The van der Waals surface area contributed by atoms with E-state index < -0.39 is 0 Å². The summed E-state index contributed by atoms with van der Waals surface area (Å²) in [5.41, 5.74) is 8.61. The SMILES string of the molecule is CCN1CCc2nc3sc4c(c3c(-c3ccc(C)cc3)c2C1)CCC4.Cl.Cl. The average molecular weight is 421 g/mol. The zero-order chi connectivity index (χ0) is 17.0. The predicted molar refractivity (Wildman–Crippen MR) is 121 cm³/mol. The molecular weight excluding hydrogens is 395 g/mol. The number of thiophene rings is 1. The maximum absolute atomic E-state index is 5.14. The van der Waals surface area contributed by atoms with Crippen molar-refractivity contribution in [3.05, 3.63) is 51.5 Å². The smallest absolute Gasteiger partial charge is 0.124 e. The van der Waals surface area contributed by atoms with Gasteiger partial charge in [-0.05, 0) is 55.0 Å². The Morgan fingerprint density at radius 1 is 1.04 bits per heavy atom. The highest BCUT2D eigenvalue weighted by Gasteiger charge is 2.27. The van der Waals surface area contributed by atoms with Crippen molar-refractivity contribution in [3.63, 3.8) is 0 Å². The molecule has 2 nitrogen and oxygen atoms in total. The van der Waals surface area contributed by atoms with Gasteiger partial charge in [0.2, 0.25) is 0 Å². The van der Waals surface area contributed by atoms with Gasteiger partial charge in [-0.2, -0.15) is 0 Å². The van der Waals surface area contributed by atoms with E-state index in [1.54, 1.807) is 10.4 Å². The first-order chi connectivity index (χ1) is 12.2. The van der Waals surface area contributed by atoms with Gasteiger partial charge in [0.05, 0.1) is 0 Å². The van der Waals surface area contributed by atoms with Crippen molar-refractivity contribution in [3.8, 4) is 11.1 Å². The van der Waals surface area contributed by atoms with Crippen LogP contribution in [0.4, 0.5) is 0 Å². The Balaban J connectivity index is 0.00000105. The molecular formula is C22H26Cl2N2S. The molecule has 0 saturated heterocycles. The predicted octanol–water partition coefficient (Wildman–Crippen LogP) is 5.98. The molecule has 1 aromatic carbocycles. The number of benzene rings is 1. The van der Waals surface area contributed by atoms with Crippen molar-refractivity contribution < 1.29 is 0 Å². The molecule has 5 heteroatoms. The number of hydrogen-bond donors (Lipinski definition) is 0. The monoisotopic (exact) mass is 420 g/mol. The second kappa shape index (κ2) is 8.08. The summed E-state index contributed by atoms with van der Waals surface area (Å²) < 4.78 is 0. The van der Waals surface area contributed by atoms with E-state index in [4.69, 9.17) is 4.98 Å². The summed E-state index contributed by atoms with van der Waals surface area (Å²) in [6.45, 7) is 7.74. The summed E-state index contributed by atoms with van der Waals surface area (Å²) >= 11 is 1.95. The van der Waals surface area contributed by atoms with Crippen LogP contribution < -0.4 is 0 Å². The van der Waals surface area contributed by atoms with Gasteiger partial charge >= 0.3 is 0 Å². The molecule has 144 valence electrons. The summed E-state index contributed by atoms with van der Waals surface area (Å²) in [5, 5.41) is 1.47. The fraction of sp³-hybridized carbons (Fsp3) is 0.409. The van der Waals surface area contributed by atoms with Crippen LogP contribution in [0.2, 0.25) is 0 Å². The Morgan fingerprint density at radius 3 is 2.56 bits per heavy atom. The summed E-state index contributed by atoms with van der Waals surface area (Å²) in [5.74, 6) is 0. The Morgan fingerprint density at radius 2 is 1.81 bits per heavy atom. The number of rotatable bonds is 2. The normalized spacial score (nSPS) is 15.8. The first kappa shape index (κ1) is 20.6. The summed E-state index contributed by atoms with van der Waals surface area (Å²) in [4.78, 5) is 10.6. The van der Waals surface area contributed by atoms with Gasteiger partial charge in [-0.15, -0.1) is 36.2 Å². The van der Waals surface area contributed by atoms with Crippen LogP contribution in [-0.2, 0) is 25.8 Å². The minimum absolute atomic E-state index is 0. The Bertz CT molecular complexity index is 963. The van der Waals surface area contributed by atoms with Crippen molar-refractivity contribution in [1.29, 1.82) is 0 Å². The molecule has 1 aliphatic carbocycles. The van der Waals surface area contributed by atoms with E-state index in [-0.39, 0.29) is 24.8 Å². The molecule has 0 N–H and O–H groups in total. The third-order valence-electron chi connectivity index (χ3n) is 5.87. The number of aromatic nitrogens is 1. The van der Waals surface area contributed by atoms with Crippen LogP contribution in [0.3, 0.4) is 0 Å². The summed E-state index contributed by atoms with van der Waals surface area (Å²) in [6, 6.07) is 9.13. The highest BCUT2D eigenvalue weighted by molar-refractivity contribution is 7.19. The number of aryl methyl sites for hydroxylation is 3. The molecule has 0 bridgehead atoms. The third kappa shape index (κ3) is 3.40. The Kier molecular flexibility index (Phi) is 6.17. The molecule has 3 heterocycles. The average Bonchev–Trinajstić information content (AvgIpc) is 3.21. The fourth-order valence-electron chi connectivity index (χ4n) is 4.46. The maximum Gasteiger partial charge on any atom is 0.124 e. The number of fused-ring (bicyclic) bond motifs is 4. The minimum Gasteiger partial charge on any atom is -0.299 e. The number of pyridine rings is 1. The summed E-state index contributed by atoms with van der Waals surface area (Å²) in [7, 11) is 0. The van der Waals surface area contributed by atoms with Gasteiger partial charge in [-0.1, -0.05) is 36.8 Å². The number of likely N-dealkylation sites (N-methyl/N-ethyl adjacent to an activating group) is 1. The van der Waals surface area contributed by atoms with Crippen molar-refractivity contribution in [2.45, 2.75) is 46.1 Å². The lowest BCUT2D eigenvalue weighted by atomic mass is 9.90. The maximum atomic E-state index is 5.14. The third-order valence-corrected chi connectivity index (χ3v) is 7.06. The zero-order valence-corrected chi connectivity index (χ0v) is 18.3. The van der Waals surface area contributed by atoms with Gasteiger partial charge in [-0.3, -0.25) is 4.90 Å². The quantitative estimate of drug-likeness (QED) is 0.506. The lowest BCUT2D eigenvalue weighted by molar-refractivity contribution is 0.266. The first-order valence-electron chi connectivity index (χ1n) is 9.50. The van der Waals surface area contributed by atoms with Gasteiger partial charge in [0, 0.05) is 35.5 Å². The summed E-state index contributed by atoms with van der Waals surface area (Å²) in [6.07, 6.45) is 4.87. The lowest BCUT2D eigenvalue weighted by Gasteiger charge is -2.29. The van der Waals surface area contributed by atoms with E-state index in [2.05, 4.69) is 43.0 Å². The van der Waals surface area contributed by atoms with Gasteiger partial charge < -0.3 is 0 Å². The largest absolute Gasteiger partial charge is 0.299 e. The van der Waals surface area contributed by atoms with E-state index in [0.717, 1.165) is 26.1 Å². The Labute approximate surface area is 177 Å². The van der Waals surface area contributed by atoms with Crippen LogP contribution in [0, 0.1) is 6.92 Å². The van der Waals surface area contributed by atoms with Crippen LogP contribution in [0.25, 0.3) is 21.3 Å². The molecule has 5 rings (SSSR count). The Hall–Kier alpha value is -1.13. The molecule has 0 atom stereocenters. The van der Waals surface area contributed by atoms with Gasteiger partial charge in [0.1, 0.15) is 4.83 Å². The highest BCUT2D eigenvalue weighted by Crippen LogP contribution is 2.44. The van der Waals surface area contributed by atoms with E-state index in [0.29, 0.717) is 0 Å². The molecule has 0 spiro atoms. The van der Waals surface area contributed by atoms with E-state index >= 15 is 0 Å². The second-order valence-electron chi connectivity index (χ2n) is 7.43. The number of halogens is 2. The molecule has 1 aliphatic heterocycles. The molecule has 0 fully saturated rings. The molecule has 0 radical (unpaired) electrons. The van der Waals surface area contributed by atoms with Crippen LogP contribution in [0.5, 0.6) is 0 Å². The number of nitrogens with zero attached hydrogens (tertiary/aromatic N) is 2. The zero-order valence-electron chi connectivity index (χ0n) is 15.9. The van der Waals surface area contributed by atoms with Gasteiger partial charge in [0.15, 0.2) is 0 Å². The van der Waals surface area contributed by atoms with E-state index in [9.17, 15) is 0 Å². The molecule has 0 saturated carbocycles. The highest BCUT2D eigenvalue weighted by atomic mass is 35.5. The second-order valence-corrected chi connectivity index (χ2v) is 8.52. The standard InChI is InChI=1S/C22H24N2S.2ClH/c1-3-24-12-11-18-17(13-24)20(15-9-7-14(2)8-10-15)21-16-5-4-6-19(16)25-22(21)23-18;;/h7-10H,3-6,11-13H2,1-2H3;2*1H. The van der Waals surface area contributed by atoms with E-state index in [1.807, 2.05) is 11.3 Å². The molecule has 27 heavy (non-hydrogen) atoms. The molecule has 3 aromatic rings. The topological polar surface area (TPSA) is 16.1 Å². The van der Waals surface area contributed by atoms with Crippen LogP contribution in [0.15, 0.2) is 24.3 Å². The first-order valence-corrected chi connectivity index (χ1v) is 10.3. The van der Waals surface area contributed by atoms with E-state index in [1.165, 1.54) is 57.4 Å². The fourth-order valence-corrected chi connectivity index (χ4v) is 5.75.